The molecular weight excluding hydrogens is 753 g/mol. The second kappa shape index (κ2) is 18.1. The predicted octanol–water partition coefficient (Wildman–Crippen LogP) is 9.02. The van der Waals surface area contributed by atoms with Gasteiger partial charge in [0.1, 0.15) is 5.60 Å². The van der Waals surface area contributed by atoms with E-state index in [1.165, 1.54) is 36.3 Å². The number of carbonyl (C=O) groups excluding carboxylic acids is 2. The molecule has 51 heavy (non-hydrogen) atoms. The molecule has 4 rings (SSSR count). The Kier molecular flexibility index (Phi) is 14.5. The van der Waals surface area contributed by atoms with Crippen molar-refractivity contribution in [2.75, 3.05) is 36.1 Å². The van der Waals surface area contributed by atoms with Crippen molar-refractivity contribution in [2.24, 2.45) is 0 Å². The Labute approximate surface area is 309 Å². The molecule has 3 aromatic rings. The van der Waals surface area contributed by atoms with Crippen LogP contribution in [-0.2, 0) is 18.9 Å². The Bertz CT molecular complexity index is 1540. The summed E-state index contributed by atoms with van der Waals surface area (Å²) in [5.41, 5.74) is 0.898. The number of carbonyl (C=O) groups is 2. The van der Waals surface area contributed by atoms with Crippen molar-refractivity contribution in [3.05, 3.63) is 42.9 Å². The summed E-state index contributed by atoms with van der Waals surface area (Å²) in [6.07, 6.45) is 11.6. The first-order valence-corrected chi connectivity index (χ1v) is 26.4. The molecule has 1 amide bonds. The molecule has 1 saturated heterocycles. The van der Waals surface area contributed by atoms with Gasteiger partial charge in [0.25, 0.3) is 0 Å². The number of morpholine rings is 1. The van der Waals surface area contributed by atoms with Gasteiger partial charge in [-0.15, -0.1) is 0 Å². The molecule has 1 fully saturated rings. The van der Waals surface area contributed by atoms with Crippen molar-refractivity contribution in [3.63, 3.8) is 0 Å². The molecule has 3 heterocycles. The molecule has 0 spiro atoms. The number of aromatic nitrogens is 3. The van der Waals surface area contributed by atoms with Gasteiger partial charge in [0, 0.05) is 0 Å². The first kappa shape index (κ1) is 40.7. The average molecular weight is 815 g/mol. The average Bonchev–Trinajstić information content (AvgIpc) is 3.55. The van der Waals surface area contributed by atoms with Crippen LogP contribution in [0.4, 0.5) is 26.8 Å². The SMILES string of the molecule is CCC[CH2][Sn]([CH2]CCC)([CH2]CCC)[c]1cn2ccnc2c(N(C(=O)OC(C)(C)C)c2ccc(N3CCO[C@@H](COC(=O)OC(C)(C)C)C3)cc2)n1. The molecule has 1 aliphatic heterocycles. The van der Waals surface area contributed by atoms with Crippen molar-refractivity contribution in [1.82, 2.24) is 14.4 Å². The van der Waals surface area contributed by atoms with Gasteiger partial charge in [-0.25, -0.2) is 4.79 Å². The van der Waals surface area contributed by atoms with Crippen molar-refractivity contribution < 1.29 is 28.5 Å². The van der Waals surface area contributed by atoms with Crippen molar-refractivity contribution in [3.8, 4) is 0 Å². The molecule has 0 aliphatic carbocycles. The van der Waals surface area contributed by atoms with Crippen LogP contribution in [0, 0.1) is 0 Å². The van der Waals surface area contributed by atoms with E-state index >= 15 is 0 Å². The topological polar surface area (TPSA) is 108 Å². The fraction of sp³-hybridized carbons (Fsp3) is 0.641. The van der Waals surface area contributed by atoms with E-state index < -0.39 is 41.8 Å². The number of fused-ring (bicyclic) bond motifs is 1. The molecule has 0 N–H and O–H groups in total. The molecule has 282 valence electrons. The normalized spacial score (nSPS) is 15.5. The van der Waals surface area contributed by atoms with Gasteiger partial charge >= 0.3 is 270 Å². The minimum absolute atomic E-state index is 0.0967. The number of hydrogen-bond donors (Lipinski definition) is 0. The van der Waals surface area contributed by atoms with Gasteiger partial charge in [0.2, 0.25) is 0 Å². The third-order valence-electron chi connectivity index (χ3n) is 9.10. The van der Waals surface area contributed by atoms with Crippen LogP contribution in [0.5, 0.6) is 0 Å². The molecule has 0 radical (unpaired) electrons. The Balaban J connectivity index is 1.71. The van der Waals surface area contributed by atoms with Crippen molar-refractivity contribution in [2.45, 2.75) is 131 Å². The number of anilines is 3. The number of imidazole rings is 1. The Morgan fingerprint density at radius 1 is 0.922 bits per heavy atom. The molecule has 1 aromatic carbocycles. The summed E-state index contributed by atoms with van der Waals surface area (Å²) in [5.74, 6) is 0.510. The molecule has 0 unspecified atom stereocenters. The van der Waals surface area contributed by atoms with Crippen LogP contribution in [0.3, 0.4) is 0 Å². The second-order valence-electron chi connectivity index (χ2n) is 15.7. The Morgan fingerprint density at radius 2 is 1.53 bits per heavy atom. The van der Waals surface area contributed by atoms with Gasteiger partial charge in [-0.1, -0.05) is 0 Å². The van der Waals surface area contributed by atoms with Gasteiger partial charge in [-0.2, -0.15) is 0 Å². The molecule has 2 aromatic heterocycles. The van der Waals surface area contributed by atoms with E-state index in [1.807, 2.05) is 51.2 Å². The van der Waals surface area contributed by atoms with E-state index in [4.69, 9.17) is 28.9 Å². The fourth-order valence-electron chi connectivity index (χ4n) is 6.55. The van der Waals surface area contributed by atoms with Crippen LogP contribution in [0.2, 0.25) is 13.3 Å². The van der Waals surface area contributed by atoms with Crippen molar-refractivity contribution in [1.29, 1.82) is 0 Å². The zero-order valence-electron chi connectivity index (χ0n) is 32.5. The number of ether oxygens (including phenoxy) is 4. The van der Waals surface area contributed by atoms with Crippen LogP contribution < -0.4 is 13.5 Å². The number of hydrogen-bond acceptors (Lipinski definition) is 9. The first-order chi connectivity index (χ1) is 24.2. The quantitative estimate of drug-likeness (QED) is 0.110. The Morgan fingerprint density at radius 3 is 2.10 bits per heavy atom. The van der Waals surface area contributed by atoms with Gasteiger partial charge in [0.05, 0.1) is 0 Å². The van der Waals surface area contributed by atoms with Gasteiger partial charge < -0.3 is 9.47 Å². The van der Waals surface area contributed by atoms with Crippen LogP contribution in [0.25, 0.3) is 5.65 Å². The van der Waals surface area contributed by atoms with Crippen LogP contribution in [0.15, 0.2) is 42.9 Å². The Hall–Kier alpha value is -3.06. The molecule has 1 atom stereocenters. The molecule has 11 nitrogen and oxygen atoms in total. The van der Waals surface area contributed by atoms with E-state index in [9.17, 15) is 9.59 Å². The molecule has 0 bridgehead atoms. The molecule has 12 heteroatoms. The summed E-state index contributed by atoms with van der Waals surface area (Å²) < 4.78 is 29.6. The number of unbranched alkanes of at least 4 members (excludes halogenated alkanes) is 3. The second-order valence-corrected chi connectivity index (χ2v) is 28.8. The van der Waals surface area contributed by atoms with Crippen LogP contribution in [-0.4, -0.2) is 88.6 Å². The minimum atomic E-state index is -3.04. The monoisotopic (exact) mass is 815 g/mol. The summed E-state index contributed by atoms with van der Waals surface area (Å²) in [6, 6.07) is 7.89. The van der Waals surface area contributed by atoms with Crippen LogP contribution in [0.1, 0.15) is 101 Å². The maximum absolute atomic E-state index is 14.2. The fourth-order valence-corrected chi connectivity index (χ4v) is 21.9. The van der Waals surface area contributed by atoms with E-state index in [2.05, 4.69) is 36.3 Å². The number of benzene rings is 1. The molecule has 1 aliphatic rings. The third-order valence-corrected chi connectivity index (χ3v) is 24.1. The summed E-state index contributed by atoms with van der Waals surface area (Å²) in [7, 11) is 0. The summed E-state index contributed by atoms with van der Waals surface area (Å²) in [6.45, 7) is 19.7. The zero-order chi connectivity index (χ0) is 37.2. The number of amides is 1. The predicted molar refractivity (Wildman–Crippen MR) is 206 cm³/mol. The van der Waals surface area contributed by atoms with E-state index in [0.717, 1.165) is 24.9 Å². The summed E-state index contributed by atoms with van der Waals surface area (Å²) >= 11 is -3.04. The van der Waals surface area contributed by atoms with E-state index in [-0.39, 0.29) is 12.7 Å². The maximum atomic E-state index is 14.2. The number of nitrogens with zero attached hydrogens (tertiary/aromatic N) is 5. The van der Waals surface area contributed by atoms with Crippen LogP contribution >= 0.6 is 0 Å². The van der Waals surface area contributed by atoms with Gasteiger partial charge in [0.15, 0.2) is 0 Å². The van der Waals surface area contributed by atoms with Gasteiger partial charge in [-0.3, -0.25) is 0 Å². The van der Waals surface area contributed by atoms with E-state index in [0.29, 0.717) is 36.8 Å². The zero-order valence-corrected chi connectivity index (χ0v) is 35.4. The summed E-state index contributed by atoms with van der Waals surface area (Å²) in [4.78, 5) is 40.3. The molecular formula is C39H61N5O6Sn. The van der Waals surface area contributed by atoms with E-state index in [1.54, 1.807) is 31.9 Å². The number of rotatable bonds is 15. The molecule has 0 saturated carbocycles. The standard InChI is InChI=1S/C27H34N5O6.3C4H9.Sn/c1-26(2,3)37-24(33)32(23-22-28-11-13-30(22)14-12-29-23)20-9-7-19(8-10-20)31-15-16-35-21(17-31)18-36-25(34)38-27(4,5)6;3*1-3-4-2;/h7-11,13-14,21H,15-18H2,1-6H3;3*1,3-4H2,2H3;/t21-;;;;/m1..../s1. The summed E-state index contributed by atoms with van der Waals surface area (Å²) in [5, 5.41) is 0. The first-order valence-electron chi connectivity index (χ1n) is 18.9. The van der Waals surface area contributed by atoms with Crippen molar-refractivity contribution >= 4 is 57.2 Å². The third kappa shape index (κ3) is 11.5. The van der Waals surface area contributed by atoms with Gasteiger partial charge in [-0.05, 0) is 20.8 Å².